The van der Waals surface area contributed by atoms with Crippen molar-refractivity contribution in [3.63, 3.8) is 0 Å². The zero-order valence-corrected chi connectivity index (χ0v) is 10.1. The normalized spacial score (nSPS) is 15.9. The summed E-state index contributed by atoms with van der Waals surface area (Å²) in [6.45, 7) is -2.67. The lowest BCUT2D eigenvalue weighted by Crippen LogP contribution is -2.55. The zero-order valence-electron chi connectivity index (χ0n) is 10.1. The Morgan fingerprint density at radius 2 is 1.09 bits per heavy atom. The molecule has 1 atom stereocenters. The fraction of sp³-hybridized carbons (Fsp3) is 0.857. The number of nitrogens with zero attached hydrogens (tertiary/aromatic N) is 3. The molecular weight excluding hydrogens is 370 g/mol. The van der Waals surface area contributed by atoms with Gasteiger partial charge in [-0.15, -0.1) is 4.90 Å². The second-order valence-electron chi connectivity index (χ2n) is 3.50. The first-order valence-electron chi connectivity index (χ1n) is 4.82. The molecule has 0 spiro atoms. The molecule has 0 radical (unpaired) electrons. The van der Waals surface area contributed by atoms with Gasteiger partial charge in [-0.1, -0.05) is 0 Å². The second-order valence-corrected chi connectivity index (χ2v) is 3.50. The molecule has 1 unspecified atom stereocenters. The van der Waals surface area contributed by atoms with Crippen molar-refractivity contribution in [2.45, 2.75) is 31.3 Å². The maximum Gasteiger partial charge on any atom is 0.490 e. The third kappa shape index (κ3) is 6.66. The van der Waals surface area contributed by atoms with Crippen LogP contribution in [0.5, 0.6) is 0 Å². The van der Waals surface area contributed by atoms with E-state index in [0.29, 0.717) is 6.07 Å². The van der Waals surface area contributed by atoms with Crippen LogP contribution in [0, 0.1) is 11.3 Å². The Bertz CT molecular complexity index is 366. The molecule has 0 heterocycles. The average Bonchev–Trinajstić information content (AvgIpc) is 2.21. The first-order chi connectivity index (χ1) is 9.90. The topological polar surface area (TPSA) is 39.5 Å². The Labute approximate surface area is 118 Å². The minimum Gasteiger partial charge on any atom is -0.264 e. The fourth-order valence-corrected chi connectivity index (χ4v) is 1.00. The minimum absolute atomic E-state index is 0.346. The lowest BCUT2D eigenvalue weighted by atomic mass is 10.3. The molecule has 0 bridgehead atoms. The van der Waals surface area contributed by atoms with Gasteiger partial charge in [0, 0.05) is 5.06 Å². The SMILES string of the molecule is N#CC(CN(C(F)(F)F)C(F)(F)F)ON(C(F)(F)F)C(F)(F)F. The van der Waals surface area contributed by atoms with Crippen LogP contribution in [0.25, 0.3) is 0 Å². The Balaban J connectivity index is 5.41. The van der Waals surface area contributed by atoms with E-state index in [1.54, 1.807) is 0 Å². The number of halogens is 12. The summed E-state index contributed by atoms with van der Waals surface area (Å²) in [7, 11) is 0. The van der Waals surface area contributed by atoms with Crippen LogP contribution >= 0.6 is 0 Å². The lowest BCUT2D eigenvalue weighted by molar-refractivity contribution is -0.490. The molecule has 4 nitrogen and oxygen atoms in total. The van der Waals surface area contributed by atoms with Crippen LogP contribution in [-0.4, -0.2) is 47.8 Å². The molecule has 0 aromatic carbocycles. The van der Waals surface area contributed by atoms with Crippen molar-refractivity contribution < 1.29 is 57.5 Å². The first-order valence-corrected chi connectivity index (χ1v) is 4.82. The Morgan fingerprint density at radius 1 is 0.739 bits per heavy atom. The van der Waals surface area contributed by atoms with Gasteiger partial charge in [-0.25, -0.2) is 0 Å². The zero-order chi connectivity index (χ0) is 18.9. The molecule has 23 heavy (non-hydrogen) atoms. The molecule has 0 aliphatic rings. The van der Waals surface area contributed by atoms with Crippen molar-refractivity contribution >= 4 is 0 Å². The van der Waals surface area contributed by atoms with E-state index >= 15 is 0 Å². The van der Waals surface area contributed by atoms with Gasteiger partial charge in [0.25, 0.3) is 0 Å². The van der Waals surface area contributed by atoms with Crippen molar-refractivity contribution in [2.24, 2.45) is 0 Å². The summed E-state index contributed by atoms with van der Waals surface area (Å²) in [5.41, 5.74) is 0. The van der Waals surface area contributed by atoms with Gasteiger partial charge in [0.1, 0.15) is 0 Å². The van der Waals surface area contributed by atoms with Gasteiger partial charge in [0.05, 0.1) is 12.6 Å². The monoisotopic (exact) mass is 373 g/mol. The minimum atomic E-state index is -6.37. The Kier molecular flexibility index (Phi) is 6.15. The quantitative estimate of drug-likeness (QED) is 0.430. The molecule has 0 saturated heterocycles. The maximum atomic E-state index is 12.1. The van der Waals surface area contributed by atoms with E-state index in [2.05, 4.69) is 4.84 Å². The Hall–Kier alpha value is -1.47. The number of alkyl halides is 12. The van der Waals surface area contributed by atoms with E-state index in [-0.39, 0.29) is 0 Å². The van der Waals surface area contributed by atoms with Gasteiger partial charge in [0.2, 0.25) is 0 Å². The van der Waals surface area contributed by atoms with Crippen LogP contribution in [-0.2, 0) is 4.84 Å². The van der Waals surface area contributed by atoms with Crippen molar-refractivity contribution in [3.05, 3.63) is 0 Å². The molecule has 0 rings (SSSR count). The van der Waals surface area contributed by atoms with E-state index in [0.717, 1.165) is 0 Å². The van der Waals surface area contributed by atoms with Gasteiger partial charge >= 0.3 is 25.2 Å². The predicted octanol–water partition coefficient (Wildman–Crippen LogP) is 3.49. The molecule has 136 valence electrons. The van der Waals surface area contributed by atoms with E-state index in [9.17, 15) is 52.7 Å². The summed E-state index contributed by atoms with van der Waals surface area (Å²) < 4.78 is 145. The van der Waals surface area contributed by atoms with Gasteiger partial charge < -0.3 is 0 Å². The molecule has 0 aromatic rings. The van der Waals surface area contributed by atoms with Crippen LogP contribution < -0.4 is 0 Å². The molecule has 0 aromatic heterocycles. The molecule has 0 aliphatic carbocycles. The summed E-state index contributed by atoms with van der Waals surface area (Å²) in [5, 5.41) is 5.41. The molecule has 16 heteroatoms. The number of hydroxylamine groups is 2. The highest BCUT2D eigenvalue weighted by Crippen LogP contribution is 2.36. The molecule has 0 fully saturated rings. The molecular formula is C7H3F12N3O. The van der Waals surface area contributed by atoms with Crippen LogP contribution in [0.3, 0.4) is 0 Å². The lowest BCUT2D eigenvalue weighted by Gasteiger charge is -2.31. The Morgan fingerprint density at radius 3 is 1.30 bits per heavy atom. The average molecular weight is 373 g/mol. The maximum absolute atomic E-state index is 12.1. The van der Waals surface area contributed by atoms with Crippen molar-refractivity contribution in [1.29, 1.82) is 5.26 Å². The summed E-state index contributed by atoms with van der Waals surface area (Å²) in [5.74, 6) is 0. The molecule has 0 aliphatic heterocycles. The molecule has 0 N–H and O–H groups in total. The predicted molar refractivity (Wildman–Crippen MR) is 43.3 cm³/mol. The number of nitriles is 1. The number of hydrogen-bond acceptors (Lipinski definition) is 4. The summed E-state index contributed by atoms with van der Waals surface area (Å²) >= 11 is 0. The van der Waals surface area contributed by atoms with Gasteiger partial charge in [-0.2, -0.15) is 57.9 Å². The van der Waals surface area contributed by atoms with E-state index in [1.807, 2.05) is 0 Å². The van der Waals surface area contributed by atoms with Crippen molar-refractivity contribution in [3.8, 4) is 6.07 Å². The highest BCUT2D eigenvalue weighted by Gasteiger charge is 2.59. The van der Waals surface area contributed by atoms with Crippen LogP contribution in [0.1, 0.15) is 0 Å². The van der Waals surface area contributed by atoms with E-state index in [1.165, 1.54) is 0 Å². The largest absolute Gasteiger partial charge is 0.490 e. The van der Waals surface area contributed by atoms with Crippen LogP contribution in [0.15, 0.2) is 0 Å². The van der Waals surface area contributed by atoms with E-state index in [4.69, 9.17) is 5.26 Å². The third-order valence-corrected chi connectivity index (χ3v) is 1.80. The van der Waals surface area contributed by atoms with Gasteiger partial charge in [-0.3, -0.25) is 4.84 Å². The second kappa shape index (κ2) is 6.57. The smallest absolute Gasteiger partial charge is 0.264 e. The summed E-state index contributed by atoms with van der Waals surface area (Å²) in [4.78, 5) is 0.526. The first kappa shape index (κ1) is 21.5. The number of hydrogen-bond donors (Lipinski definition) is 0. The van der Waals surface area contributed by atoms with Crippen molar-refractivity contribution in [2.75, 3.05) is 6.54 Å². The molecule has 0 amide bonds. The van der Waals surface area contributed by atoms with Crippen LogP contribution in [0.4, 0.5) is 52.7 Å². The highest BCUT2D eigenvalue weighted by molar-refractivity contribution is 4.88. The highest BCUT2D eigenvalue weighted by atomic mass is 19.4. The molecule has 0 saturated carbocycles. The third-order valence-electron chi connectivity index (χ3n) is 1.80. The van der Waals surface area contributed by atoms with E-state index < -0.39 is 47.8 Å². The standard InChI is InChI=1S/C7H3F12N3O/c8-4(9,10)21(5(11,12)13)2-3(1-20)23-22(6(14,15)16)7(17,18)19/h3H,2H2. The van der Waals surface area contributed by atoms with Gasteiger partial charge in [-0.05, 0) is 0 Å². The fourth-order valence-electron chi connectivity index (χ4n) is 1.00. The van der Waals surface area contributed by atoms with Crippen molar-refractivity contribution in [1.82, 2.24) is 9.96 Å². The number of rotatable bonds is 4. The van der Waals surface area contributed by atoms with Gasteiger partial charge in [0.15, 0.2) is 6.10 Å². The van der Waals surface area contributed by atoms with Crippen LogP contribution in [0.2, 0.25) is 0 Å². The summed E-state index contributed by atoms with van der Waals surface area (Å²) in [6, 6.07) is 0.346. The summed E-state index contributed by atoms with van der Waals surface area (Å²) in [6.07, 6.45) is -28.6.